The fourth-order valence-corrected chi connectivity index (χ4v) is 3.56. The molecule has 1 aromatic carbocycles. The number of hydrogen-bond donors (Lipinski definition) is 1. The van der Waals surface area contributed by atoms with Crippen LogP contribution in [0.4, 0.5) is 0 Å². The quantitative estimate of drug-likeness (QED) is 0.574. The predicted molar refractivity (Wildman–Crippen MR) is 75.0 cm³/mol. The Morgan fingerprint density at radius 1 is 1.25 bits per heavy atom. The molecular formula is C10H8I2O4. The van der Waals surface area contributed by atoms with Gasteiger partial charge in [0.25, 0.3) is 6.47 Å². The van der Waals surface area contributed by atoms with Gasteiger partial charge in [-0.15, -0.1) is 0 Å². The molecule has 0 fully saturated rings. The van der Waals surface area contributed by atoms with E-state index in [0.717, 1.165) is 9.13 Å². The Morgan fingerprint density at radius 2 is 1.81 bits per heavy atom. The van der Waals surface area contributed by atoms with Gasteiger partial charge < -0.3 is 9.84 Å². The van der Waals surface area contributed by atoms with Crippen LogP contribution in [0, 0.1) is 21.0 Å². The van der Waals surface area contributed by atoms with Gasteiger partial charge in [0, 0.05) is 9.13 Å². The Kier molecular flexibility index (Phi) is 4.53. The Hall–Kier alpha value is -0.380. The third-order valence-corrected chi connectivity index (χ3v) is 4.82. The van der Waals surface area contributed by atoms with E-state index < -0.39 is 5.97 Å². The first kappa shape index (κ1) is 13.7. The summed E-state index contributed by atoms with van der Waals surface area (Å²) in [6.45, 7) is 3.74. The highest BCUT2D eigenvalue weighted by Crippen LogP contribution is 2.35. The first-order valence-corrected chi connectivity index (χ1v) is 6.39. The van der Waals surface area contributed by atoms with E-state index in [0.29, 0.717) is 21.4 Å². The molecule has 0 aromatic heterocycles. The summed E-state index contributed by atoms with van der Waals surface area (Å²) >= 11 is 4.02. The highest BCUT2D eigenvalue weighted by atomic mass is 127. The predicted octanol–water partition coefficient (Wildman–Crippen LogP) is 2.75. The molecule has 0 amide bonds. The summed E-state index contributed by atoms with van der Waals surface area (Å²) in [6.07, 6.45) is 0. The molecule has 0 bridgehead atoms. The normalized spacial score (nSPS) is 10.0. The minimum Gasteiger partial charge on any atom is -0.478 e. The van der Waals surface area contributed by atoms with E-state index in [1.165, 1.54) is 0 Å². The second-order valence-electron chi connectivity index (χ2n) is 3.10. The number of ether oxygens (including phenoxy) is 1. The summed E-state index contributed by atoms with van der Waals surface area (Å²) in [7, 11) is 0. The van der Waals surface area contributed by atoms with Crippen molar-refractivity contribution in [2.24, 2.45) is 0 Å². The maximum atomic E-state index is 11.1. The van der Waals surface area contributed by atoms with Crippen LogP contribution in [0.25, 0.3) is 0 Å². The Labute approximate surface area is 120 Å². The molecule has 16 heavy (non-hydrogen) atoms. The van der Waals surface area contributed by atoms with Gasteiger partial charge in [-0.2, -0.15) is 0 Å². The topological polar surface area (TPSA) is 63.6 Å². The van der Waals surface area contributed by atoms with Crippen LogP contribution in [-0.4, -0.2) is 17.5 Å². The lowest BCUT2D eigenvalue weighted by molar-refractivity contribution is -0.120. The molecule has 0 atom stereocenters. The van der Waals surface area contributed by atoms with Crippen molar-refractivity contribution >= 4 is 57.6 Å². The number of hydrogen-bond acceptors (Lipinski definition) is 3. The molecule has 0 spiro atoms. The van der Waals surface area contributed by atoms with Crippen molar-refractivity contribution < 1.29 is 19.4 Å². The number of carboxylic acid groups (broad SMARTS) is 1. The zero-order valence-corrected chi connectivity index (χ0v) is 12.8. The molecule has 0 saturated carbocycles. The fraction of sp³-hybridized carbons (Fsp3) is 0.200. The van der Waals surface area contributed by atoms with E-state index in [4.69, 9.17) is 9.84 Å². The maximum Gasteiger partial charge on any atom is 0.337 e. The average Bonchev–Trinajstić information content (AvgIpc) is 2.21. The number of rotatable bonds is 3. The van der Waals surface area contributed by atoms with Crippen LogP contribution in [0.5, 0.6) is 5.75 Å². The molecule has 4 nitrogen and oxygen atoms in total. The standard InChI is InChI=1S/C10H8I2O4/c1-4-6(10(14)15)7(11)5(2)8(12)9(4)16-3-13/h3H,1-2H3,(H,14,15). The minimum absolute atomic E-state index is 0.190. The van der Waals surface area contributed by atoms with Crippen molar-refractivity contribution in [2.75, 3.05) is 0 Å². The first-order chi connectivity index (χ1) is 7.41. The number of benzene rings is 1. The van der Waals surface area contributed by atoms with Crippen molar-refractivity contribution in [1.29, 1.82) is 0 Å². The summed E-state index contributed by atoms with van der Waals surface area (Å²) in [6, 6.07) is 0. The van der Waals surface area contributed by atoms with Crippen molar-refractivity contribution in [3.63, 3.8) is 0 Å². The van der Waals surface area contributed by atoms with Gasteiger partial charge >= 0.3 is 5.97 Å². The highest BCUT2D eigenvalue weighted by molar-refractivity contribution is 14.1. The molecule has 0 radical (unpaired) electrons. The van der Waals surface area contributed by atoms with Gasteiger partial charge in [0.2, 0.25) is 0 Å². The van der Waals surface area contributed by atoms with Crippen LogP contribution in [0.15, 0.2) is 0 Å². The molecule has 0 aliphatic rings. The molecule has 86 valence electrons. The number of carbonyl (C=O) groups excluding carboxylic acids is 1. The molecule has 0 aliphatic carbocycles. The SMILES string of the molecule is Cc1c(I)c(OC=O)c(C)c(C(=O)O)c1I. The third-order valence-electron chi connectivity index (χ3n) is 2.17. The second-order valence-corrected chi connectivity index (χ2v) is 5.26. The third kappa shape index (κ3) is 2.31. The number of carbonyl (C=O) groups is 2. The maximum absolute atomic E-state index is 11.1. The monoisotopic (exact) mass is 446 g/mol. The summed E-state index contributed by atoms with van der Waals surface area (Å²) in [5, 5.41) is 9.10. The van der Waals surface area contributed by atoms with E-state index in [1.54, 1.807) is 13.8 Å². The average molecular weight is 446 g/mol. The first-order valence-electron chi connectivity index (χ1n) is 4.23. The molecule has 1 aromatic rings. The zero-order valence-electron chi connectivity index (χ0n) is 8.51. The van der Waals surface area contributed by atoms with Crippen molar-refractivity contribution in [2.45, 2.75) is 13.8 Å². The van der Waals surface area contributed by atoms with E-state index in [2.05, 4.69) is 0 Å². The lowest BCUT2D eigenvalue weighted by Gasteiger charge is -2.14. The van der Waals surface area contributed by atoms with Crippen LogP contribution in [0.3, 0.4) is 0 Å². The van der Waals surface area contributed by atoms with Crippen molar-refractivity contribution in [1.82, 2.24) is 0 Å². The number of carboxylic acids is 1. The van der Waals surface area contributed by atoms with Gasteiger partial charge in [-0.05, 0) is 64.6 Å². The van der Waals surface area contributed by atoms with Crippen molar-refractivity contribution in [3.05, 3.63) is 23.8 Å². The molecule has 0 aliphatic heterocycles. The van der Waals surface area contributed by atoms with Crippen LogP contribution in [0.1, 0.15) is 21.5 Å². The number of aromatic carboxylic acids is 1. The Bertz CT molecular complexity index is 469. The lowest BCUT2D eigenvalue weighted by Crippen LogP contribution is -2.09. The summed E-state index contributed by atoms with van der Waals surface area (Å²) < 4.78 is 6.27. The van der Waals surface area contributed by atoms with E-state index in [1.807, 2.05) is 45.2 Å². The van der Waals surface area contributed by atoms with Gasteiger partial charge in [0.1, 0.15) is 5.75 Å². The van der Waals surface area contributed by atoms with Crippen LogP contribution < -0.4 is 4.74 Å². The van der Waals surface area contributed by atoms with Crippen LogP contribution in [0.2, 0.25) is 0 Å². The zero-order chi connectivity index (χ0) is 12.5. The molecule has 6 heteroatoms. The molecule has 0 heterocycles. The molecule has 1 N–H and O–H groups in total. The summed E-state index contributed by atoms with van der Waals surface area (Å²) in [5.41, 5.74) is 1.47. The second kappa shape index (κ2) is 5.30. The fourth-order valence-electron chi connectivity index (χ4n) is 1.34. The van der Waals surface area contributed by atoms with Gasteiger partial charge in [0.05, 0.1) is 9.13 Å². The van der Waals surface area contributed by atoms with Gasteiger partial charge in [-0.1, -0.05) is 0 Å². The largest absolute Gasteiger partial charge is 0.478 e. The highest BCUT2D eigenvalue weighted by Gasteiger charge is 2.22. The van der Waals surface area contributed by atoms with E-state index >= 15 is 0 Å². The molecule has 0 saturated heterocycles. The van der Waals surface area contributed by atoms with Gasteiger partial charge in [0.15, 0.2) is 0 Å². The molecular weight excluding hydrogens is 438 g/mol. The molecule has 0 unspecified atom stereocenters. The summed E-state index contributed by atoms with van der Waals surface area (Å²) in [5.74, 6) is -0.692. The lowest BCUT2D eigenvalue weighted by atomic mass is 10.0. The number of halogens is 2. The Morgan fingerprint density at radius 3 is 2.25 bits per heavy atom. The van der Waals surface area contributed by atoms with E-state index in [9.17, 15) is 9.59 Å². The Balaban J connectivity index is 3.65. The van der Waals surface area contributed by atoms with Gasteiger partial charge in [-0.3, -0.25) is 4.79 Å². The molecule has 1 rings (SSSR count). The van der Waals surface area contributed by atoms with Gasteiger partial charge in [-0.25, -0.2) is 4.79 Å². The van der Waals surface area contributed by atoms with Crippen LogP contribution in [-0.2, 0) is 4.79 Å². The minimum atomic E-state index is -1.02. The van der Waals surface area contributed by atoms with Crippen molar-refractivity contribution in [3.8, 4) is 5.75 Å². The van der Waals surface area contributed by atoms with E-state index in [-0.39, 0.29) is 5.56 Å². The van der Waals surface area contributed by atoms with Crippen LogP contribution >= 0.6 is 45.2 Å². The smallest absolute Gasteiger partial charge is 0.337 e. The summed E-state index contributed by atoms with van der Waals surface area (Å²) in [4.78, 5) is 21.5.